The average Bonchev–Trinajstić information content (AvgIpc) is 2.25. The molecule has 0 radical (unpaired) electrons. The molecule has 1 heterocycles. The summed E-state index contributed by atoms with van der Waals surface area (Å²) in [5.41, 5.74) is 0. The maximum absolute atomic E-state index is 10.7. The van der Waals surface area contributed by atoms with Crippen LogP contribution in [0.2, 0.25) is 0 Å². The fourth-order valence-electron chi connectivity index (χ4n) is 1.33. The average molecular weight is 214 g/mol. The van der Waals surface area contributed by atoms with E-state index >= 15 is 0 Å². The van der Waals surface area contributed by atoms with Crippen molar-refractivity contribution in [2.75, 3.05) is 32.9 Å². The van der Waals surface area contributed by atoms with Crippen molar-refractivity contribution in [1.82, 2.24) is 4.90 Å². The molecule has 6 heteroatoms. The molecule has 0 aromatic rings. The fraction of sp³-hybridized carbons (Fsp3) is 0.778. The Morgan fingerprint density at radius 3 is 3.20 bits per heavy atom. The number of rotatable bonds is 4. The van der Waals surface area contributed by atoms with Gasteiger partial charge < -0.3 is 19.5 Å². The van der Waals surface area contributed by atoms with E-state index < -0.39 is 6.09 Å². The molecule has 1 fully saturated rings. The van der Waals surface area contributed by atoms with Crippen molar-refractivity contribution in [3.63, 3.8) is 0 Å². The molecule has 1 aliphatic heterocycles. The molecule has 0 unspecified atom stereocenters. The predicted molar refractivity (Wildman–Crippen MR) is 50.4 cm³/mol. The number of ether oxygens (including phenoxy) is 2. The summed E-state index contributed by atoms with van der Waals surface area (Å²) in [5, 5.41) is 17.0. The summed E-state index contributed by atoms with van der Waals surface area (Å²) in [6.45, 7) is 1.85. The van der Waals surface area contributed by atoms with Crippen molar-refractivity contribution in [3.05, 3.63) is 0 Å². The second kappa shape index (κ2) is 6.22. The van der Waals surface area contributed by atoms with Crippen molar-refractivity contribution in [3.8, 4) is 6.07 Å². The van der Waals surface area contributed by atoms with Gasteiger partial charge in [-0.2, -0.15) is 5.26 Å². The number of morpholine rings is 1. The summed E-state index contributed by atoms with van der Waals surface area (Å²) in [7, 11) is 0. The van der Waals surface area contributed by atoms with Gasteiger partial charge in [0.25, 0.3) is 0 Å². The standard InChI is InChI=1S/C9H14N2O4/c10-2-1-4-14-7-8-6-11(9(12)13)3-5-15-8/h8H,1,3-7H2,(H,12,13)/t8-/m0/s1. The second-order valence-corrected chi connectivity index (χ2v) is 3.20. The van der Waals surface area contributed by atoms with E-state index in [1.54, 1.807) is 0 Å². The van der Waals surface area contributed by atoms with E-state index in [1.165, 1.54) is 4.90 Å². The van der Waals surface area contributed by atoms with E-state index in [-0.39, 0.29) is 6.10 Å². The molecule has 1 amide bonds. The van der Waals surface area contributed by atoms with Gasteiger partial charge in [0.15, 0.2) is 0 Å². The quantitative estimate of drug-likeness (QED) is 0.680. The molecule has 0 aromatic heterocycles. The Morgan fingerprint density at radius 2 is 2.53 bits per heavy atom. The van der Waals surface area contributed by atoms with Gasteiger partial charge >= 0.3 is 6.09 Å². The third kappa shape index (κ3) is 4.14. The van der Waals surface area contributed by atoms with Crippen LogP contribution in [0.15, 0.2) is 0 Å². The smallest absolute Gasteiger partial charge is 0.407 e. The normalized spacial score (nSPS) is 21.0. The van der Waals surface area contributed by atoms with Gasteiger partial charge in [0, 0.05) is 6.54 Å². The number of carboxylic acid groups (broad SMARTS) is 1. The van der Waals surface area contributed by atoms with E-state index in [1.807, 2.05) is 6.07 Å². The van der Waals surface area contributed by atoms with Crippen molar-refractivity contribution in [1.29, 1.82) is 5.26 Å². The first-order chi connectivity index (χ1) is 7.24. The molecular weight excluding hydrogens is 200 g/mol. The summed E-state index contributed by atoms with van der Waals surface area (Å²) >= 11 is 0. The Labute approximate surface area is 88.0 Å². The Bertz CT molecular complexity index is 251. The molecule has 1 N–H and O–H groups in total. The van der Waals surface area contributed by atoms with E-state index in [2.05, 4.69) is 0 Å². The lowest BCUT2D eigenvalue weighted by molar-refractivity contribution is -0.0621. The first kappa shape index (κ1) is 11.8. The zero-order valence-corrected chi connectivity index (χ0v) is 8.39. The van der Waals surface area contributed by atoms with Crippen LogP contribution >= 0.6 is 0 Å². The van der Waals surface area contributed by atoms with Gasteiger partial charge in [0.2, 0.25) is 0 Å². The monoisotopic (exact) mass is 214 g/mol. The van der Waals surface area contributed by atoms with Crippen molar-refractivity contribution in [2.24, 2.45) is 0 Å². The molecule has 6 nitrogen and oxygen atoms in total. The summed E-state index contributed by atoms with van der Waals surface area (Å²) in [4.78, 5) is 12.0. The lowest BCUT2D eigenvalue weighted by Gasteiger charge is -2.30. The van der Waals surface area contributed by atoms with Gasteiger partial charge in [-0.3, -0.25) is 0 Å². The van der Waals surface area contributed by atoms with Gasteiger partial charge in [-0.25, -0.2) is 4.79 Å². The van der Waals surface area contributed by atoms with Gasteiger partial charge in [0.05, 0.1) is 45.0 Å². The summed E-state index contributed by atoms with van der Waals surface area (Å²) in [6, 6.07) is 1.96. The molecule has 0 spiro atoms. The van der Waals surface area contributed by atoms with Crippen LogP contribution in [0.4, 0.5) is 4.79 Å². The Morgan fingerprint density at radius 1 is 1.73 bits per heavy atom. The molecule has 0 bridgehead atoms. The van der Waals surface area contributed by atoms with E-state index in [0.717, 1.165) is 0 Å². The molecule has 1 aliphatic rings. The van der Waals surface area contributed by atoms with Crippen LogP contribution in [0, 0.1) is 11.3 Å². The van der Waals surface area contributed by atoms with E-state index in [9.17, 15) is 4.79 Å². The number of nitrogens with zero attached hydrogens (tertiary/aromatic N) is 2. The zero-order valence-electron chi connectivity index (χ0n) is 8.39. The number of hydrogen-bond acceptors (Lipinski definition) is 4. The van der Waals surface area contributed by atoms with E-state index in [4.69, 9.17) is 19.8 Å². The minimum absolute atomic E-state index is 0.214. The summed E-state index contributed by atoms with van der Waals surface area (Å²) < 4.78 is 10.5. The fourth-order valence-corrected chi connectivity index (χ4v) is 1.33. The third-order valence-electron chi connectivity index (χ3n) is 2.07. The van der Waals surface area contributed by atoms with Crippen LogP contribution in [-0.2, 0) is 9.47 Å². The Kier molecular flexibility index (Phi) is 4.87. The first-order valence-corrected chi connectivity index (χ1v) is 4.78. The van der Waals surface area contributed by atoms with Gasteiger partial charge in [0.1, 0.15) is 0 Å². The highest BCUT2D eigenvalue weighted by molar-refractivity contribution is 5.65. The highest BCUT2D eigenvalue weighted by Crippen LogP contribution is 2.05. The topological polar surface area (TPSA) is 82.8 Å². The Balaban J connectivity index is 2.19. The molecule has 1 atom stereocenters. The van der Waals surface area contributed by atoms with Crippen LogP contribution in [0.3, 0.4) is 0 Å². The number of hydrogen-bond donors (Lipinski definition) is 1. The largest absolute Gasteiger partial charge is 0.465 e. The second-order valence-electron chi connectivity index (χ2n) is 3.20. The van der Waals surface area contributed by atoms with Crippen LogP contribution in [0.25, 0.3) is 0 Å². The number of carbonyl (C=O) groups is 1. The SMILES string of the molecule is N#CCCOC[C@@H]1CN(C(=O)O)CCO1. The molecule has 84 valence electrons. The van der Waals surface area contributed by atoms with Crippen LogP contribution in [0.1, 0.15) is 6.42 Å². The Hall–Kier alpha value is -1.32. The van der Waals surface area contributed by atoms with Gasteiger partial charge in [-0.05, 0) is 0 Å². The summed E-state index contributed by atoms with van der Waals surface area (Å²) in [6.07, 6.45) is -0.802. The third-order valence-corrected chi connectivity index (χ3v) is 2.07. The number of amides is 1. The van der Waals surface area contributed by atoms with E-state index in [0.29, 0.717) is 39.3 Å². The lowest BCUT2D eigenvalue weighted by atomic mass is 10.3. The minimum Gasteiger partial charge on any atom is -0.465 e. The molecule has 0 aliphatic carbocycles. The molecule has 15 heavy (non-hydrogen) atoms. The van der Waals surface area contributed by atoms with Crippen molar-refractivity contribution in [2.45, 2.75) is 12.5 Å². The lowest BCUT2D eigenvalue weighted by Crippen LogP contribution is -2.46. The molecule has 1 saturated heterocycles. The zero-order chi connectivity index (χ0) is 11.1. The first-order valence-electron chi connectivity index (χ1n) is 4.78. The van der Waals surface area contributed by atoms with Crippen LogP contribution in [0.5, 0.6) is 0 Å². The minimum atomic E-state index is -0.930. The van der Waals surface area contributed by atoms with Crippen LogP contribution < -0.4 is 0 Å². The van der Waals surface area contributed by atoms with Crippen molar-refractivity contribution < 1.29 is 19.4 Å². The van der Waals surface area contributed by atoms with Crippen LogP contribution in [-0.4, -0.2) is 55.1 Å². The highest BCUT2D eigenvalue weighted by Gasteiger charge is 2.23. The molecule has 0 aromatic carbocycles. The molecule has 0 saturated carbocycles. The van der Waals surface area contributed by atoms with Crippen molar-refractivity contribution >= 4 is 6.09 Å². The predicted octanol–water partition coefficient (Wildman–Crippen LogP) is 0.295. The van der Waals surface area contributed by atoms with Gasteiger partial charge in [-0.15, -0.1) is 0 Å². The maximum Gasteiger partial charge on any atom is 0.407 e. The maximum atomic E-state index is 10.7. The molecule has 1 rings (SSSR count). The summed E-state index contributed by atoms with van der Waals surface area (Å²) in [5.74, 6) is 0. The number of nitriles is 1. The molecular formula is C9H14N2O4. The highest BCUT2D eigenvalue weighted by atomic mass is 16.5. The van der Waals surface area contributed by atoms with Gasteiger partial charge in [-0.1, -0.05) is 0 Å².